The lowest BCUT2D eigenvalue weighted by molar-refractivity contribution is 0.896. The fourth-order valence-corrected chi connectivity index (χ4v) is 20.1. The average molecular weight is 393 g/mol. The molecule has 0 aliphatic heterocycles. The smallest absolute Gasteiger partial charge is 0.0298 e. The molecule has 3 heteroatoms. The van der Waals surface area contributed by atoms with E-state index in [0.29, 0.717) is 0 Å². The lowest BCUT2D eigenvalue weighted by atomic mass is 10.5. The summed E-state index contributed by atoms with van der Waals surface area (Å²) in [5.41, 5.74) is 0. The summed E-state index contributed by atoms with van der Waals surface area (Å²) in [6.07, 6.45) is 19.3. The van der Waals surface area contributed by atoms with Gasteiger partial charge in [0, 0.05) is 4.64 Å². The Kier molecular flexibility index (Phi) is 16.2. The fraction of sp³-hybridized carbons (Fsp3) is 1.00. The molecule has 0 saturated heterocycles. The predicted octanol–water partition coefficient (Wildman–Crippen LogP) is 8.96. The van der Waals surface area contributed by atoms with Crippen molar-refractivity contribution in [3.63, 3.8) is 0 Å². The molecular formula is C21H47P3. The van der Waals surface area contributed by atoms with Gasteiger partial charge in [0.2, 0.25) is 0 Å². The number of hydrogen-bond donors (Lipinski definition) is 0. The van der Waals surface area contributed by atoms with Crippen molar-refractivity contribution >= 4 is 23.8 Å². The molecule has 0 aliphatic rings. The molecule has 0 saturated carbocycles. The van der Waals surface area contributed by atoms with Gasteiger partial charge in [-0.1, -0.05) is 111 Å². The second-order valence-corrected chi connectivity index (χ2v) is 16.4. The first-order valence-corrected chi connectivity index (χ1v) is 16.0. The molecule has 0 atom stereocenters. The van der Waals surface area contributed by atoms with E-state index in [2.05, 4.69) is 48.5 Å². The summed E-state index contributed by atoms with van der Waals surface area (Å²) in [6, 6.07) is 0. The van der Waals surface area contributed by atoms with E-state index >= 15 is 0 Å². The van der Waals surface area contributed by atoms with Crippen LogP contribution < -0.4 is 0 Å². The van der Waals surface area contributed by atoms with E-state index in [1.807, 2.05) is 0 Å². The molecule has 0 spiro atoms. The van der Waals surface area contributed by atoms with Crippen molar-refractivity contribution in [2.45, 2.75) is 98.1 Å². The first kappa shape index (κ1) is 25.3. The van der Waals surface area contributed by atoms with Gasteiger partial charge in [0.15, 0.2) is 0 Å². The summed E-state index contributed by atoms with van der Waals surface area (Å²) in [6.45, 7) is 17.2. The summed E-state index contributed by atoms with van der Waals surface area (Å²) in [7, 11) is 0.672. The van der Waals surface area contributed by atoms with Gasteiger partial charge < -0.3 is 0 Å². The minimum atomic E-state index is 0.224. The molecule has 0 nitrogen and oxygen atoms in total. The van der Waals surface area contributed by atoms with Crippen LogP contribution in [0, 0.1) is 0 Å². The number of rotatable bonds is 16. The van der Waals surface area contributed by atoms with E-state index < -0.39 is 0 Å². The summed E-state index contributed by atoms with van der Waals surface area (Å²) in [5.74, 6) is 0. The van der Waals surface area contributed by atoms with E-state index in [1.165, 1.54) is 44.9 Å². The Bertz CT molecular complexity index is 221. The monoisotopic (exact) mass is 392 g/mol. The Morgan fingerprint density at radius 1 is 0.417 bits per heavy atom. The van der Waals surface area contributed by atoms with Crippen molar-refractivity contribution < 1.29 is 0 Å². The highest BCUT2D eigenvalue weighted by Gasteiger charge is 2.46. The third kappa shape index (κ3) is 7.13. The first-order chi connectivity index (χ1) is 11.6. The molecule has 0 unspecified atom stereocenters. The summed E-state index contributed by atoms with van der Waals surface area (Å²) >= 11 is 0. The Labute approximate surface area is 159 Å². The summed E-state index contributed by atoms with van der Waals surface area (Å²) < 4.78 is 0.796. The van der Waals surface area contributed by atoms with Crippen LogP contribution in [-0.2, 0) is 0 Å². The maximum absolute atomic E-state index is 2.59. The van der Waals surface area contributed by atoms with Crippen LogP contribution in [0.2, 0.25) is 0 Å². The van der Waals surface area contributed by atoms with Crippen molar-refractivity contribution in [3.8, 4) is 0 Å². The SMILES string of the molecule is CCCP(CCC)C(CC)(P(CCC)CCC)P(CCC)CCC. The van der Waals surface area contributed by atoms with Gasteiger partial charge in [-0.25, -0.2) is 0 Å². The van der Waals surface area contributed by atoms with Crippen molar-refractivity contribution in [2.24, 2.45) is 0 Å². The van der Waals surface area contributed by atoms with Gasteiger partial charge in [-0.2, -0.15) is 0 Å². The van der Waals surface area contributed by atoms with Gasteiger partial charge in [0.25, 0.3) is 0 Å². The third-order valence-electron chi connectivity index (χ3n) is 4.95. The number of hydrogen-bond acceptors (Lipinski definition) is 0. The van der Waals surface area contributed by atoms with E-state index in [-0.39, 0.29) is 23.8 Å². The van der Waals surface area contributed by atoms with Crippen molar-refractivity contribution in [3.05, 3.63) is 0 Å². The summed E-state index contributed by atoms with van der Waals surface area (Å²) in [5, 5.41) is 0. The topological polar surface area (TPSA) is 0 Å². The molecule has 0 bridgehead atoms. The zero-order chi connectivity index (χ0) is 18.4. The third-order valence-corrected chi connectivity index (χ3v) is 20.0. The highest BCUT2D eigenvalue weighted by molar-refractivity contribution is 7.93. The Hall–Kier alpha value is 1.29. The van der Waals surface area contributed by atoms with Crippen molar-refractivity contribution in [1.82, 2.24) is 0 Å². The molecule has 146 valence electrons. The zero-order valence-corrected chi connectivity index (χ0v) is 20.7. The second-order valence-electron chi connectivity index (χ2n) is 7.09. The van der Waals surface area contributed by atoms with Crippen LogP contribution in [-0.4, -0.2) is 41.6 Å². The predicted molar refractivity (Wildman–Crippen MR) is 125 cm³/mol. The van der Waals surface area contributed by atoms with Crippen LogP contribution in [0.25, 0.3) is 0 Å². The van der Waals surface area contributed by atoms with Crippen molar-refractivity contribution in [2.75, 3.05) is 37.0 Å². The van der Waals surface area contributed by atoms with Gasteiger partial charge in [0.05, 0.1) is 0 Å². The summed E-state index contributed by atoms with van der Waals surface area (Å²) in [4.78, 5) is 0. The highest BCUT2D eigenvalue weighted by atomic mass is 31.2. The Morgan fingerprint density at radius 2 is 0.625 bits per heavy atom. The van der Waals surface area contributed by atoms with Crippen LogP contribution in [0.15, 0.2) is 0 Å². The van der Waals surface area contributed by atoms with E-state index in [0.717, 1.165) is 4.64 Å². The fourth-order valence-electron chi connectivity index (χ4n) is 4.30. The molecule has 0 rings (SSSR count). The van der Waals surface area contributed by atoms with Gasteiger partial charge in [0.1, 0.15) is 0 Å². The first-order valence-electron chi connectivity index (χ1n) is 10.9. The van der Waals surface area contributed by atoms with Gasteiger partial charge in [-0.05, 0) is 43.4 Å². The molecule has 0 fully saturated rings. The average Bonchev–Trinajstić information content (AvgIpc) is 2.57. The minimum Gasteiger partial charge on any atom is -0.0913 e. The van der Waals surface area contributed by atoms with Gasteiger partial charge in [-0.3, -0.25) is 0 Å². The molecule has 0 aromatic rings. The highest BCUT2D eigenvalue weighted by Crippen LogP contribution is 2.81. The van der Waals surface area contributed by atoms with Crippen LogP contribution >= 0.6 is 23.8 Å². The molecule has 0 aromatic heterocycles. The normalized spacial score (nSPS) is 12.8. The maximum atomic E-state index is 2.59. The Balaban J connectivity index is 5.99. The maximum Gasteiger partial charge on any atom is 0.0298 e. The molecule has 0 N–H and O–H groups in total. The lowest BCUT2D eigenvalue weighted by Gasteiger charge is -2.53. The molecule has 0 amide bonds. The van der Waals surface area contributed by atoms with Crippen LogP contribution in [0.3, 0.4) is 0 Å². The molecule has 24 heavy (non-hydrogen) atoms. The lowest BCUT2D eigenvalue weighted by Crippen LogP contribution is -2.29. The quantitative estimate of drug-likeness (QED) is 0.230. The largest absolute Gasteiger partial charge is 0.0913 e. The standard InChI is InChI=1S/C21H47P3/c1-8-15-22(16-9-2)21(14-7,23(17-10-3)18-11-4)24(19-12-5)20-13-6/h8-20H2,1-7H3. The molecule has 0 aromatic carbocycles. The van der Waals surface area contributed by atoms with E-state index in [4.69, 9.17) is 0 Å². The minimum absolute atomic E-state index is 0.224. The van der Waals surface area contributed by atoms with Crippen molar-refractivity contribution in [1.29, 1.82) is 0 Å². The van der Waals surface area contributed by atoms with E-state index in [9.17, 15) is 0 Å². The molecule has 0 heterocycles. The van der Waals surface area contributed by atoms with Crippen LogP contribution in [0.5, 0.6) is 0 Å². The van der Waals surface area contributed by atoms with Crippen LogP contribution in [0.4, 0.5) is 0 Å². The molecule has 0 radical (unpaired) electrons. The second kappa shape index (κ2) is 15.4. The molecule has 0 aliphatic carbocycles. The van der Waals surface area contributed by atoms with E-state index in [1.54, 1.807) is 37.0 Å². The Morgan fingerprint density at radius 3 is 0.750 bits per heavy atom. The van der Waals surface area contributed by atoms with Crippen LogP contribution in [0.1, 0.15) is 93.4 Å². The van der Waals surface area contributed by atoms with Gasteiger partial charge in [-0.15, -0.1) is 0 Å². The van der Waals surface area contributed by atoms with Gasteiger partial charge >= 0.3 is 0 Å². The molecular weight excluding hydrogens is 345 g/mol. The zero-order valence-electron chi connectivity index (χ0n) is 18.0.